The fourth-order valence-corrected chi connectivity index (χ4v) is 3.31. The first kappa shape index (κ1) is 22.6. The molecule has 0 aliphatic carbocycles. The molecule has 0 saturated carbocycles. The van der Waals surface area contributed by atoms with E-state index in [-0.39, 0.29) is 29.7 Å². The van der Waals surface area contributed by atoms with Crippen LogP contribution < -0.4 is 10.1 Å². The third-order valence-corrected chi connectivity index (χ3v) is 4.98. The van der Waals surface area contributed by atoms with Gasteiger partial charge in [-0.2, -0.15) is 0 Å². The number of pyridine rings is 1. The number of nitrogens with zero attached hydrogens (tertiary/aromatic N) is 2. The van der Waals surface area contributed by atoms with E-state index in [1.807, 2.05) is 6.92 Å². The molecule has 3 rings (SSSR count). The predicted molar refractivity (Wildman–Crippen MR) is 108 cm³/mol. The molecule has 0 aliphatic heterocycles. The normalized spacial score (nSPS) is 12.2. The van der Waals surface area contributed by atoms with Gasteiger partial charge in [-0.15, -0.1) is 0 Å². The fourth-order valence-electron chi connectivity index (χ4n) is 3.31. The summed E-state index contributed by atoms with van der Waals surface area (Å²) in [6.45, 7) is 2.94. The molecular formula is C22H24F3N3O3. The summed E-state index contributed by atoms with van der Waals surface area (Å²) in [5.41, 5.74) is 0.420. The minimum atomic E-state index is -1.31. The zero-order valence-corrected chi connectivity index (χ0v) is 17.3. The van der Waals surface area contributed by atoms with Gasteiger partial charge in [-0.3, -0.25) is 9.20 Å². The summed E-state index contributed by atoms with van der Waals surface area (Å²) in [7, 11) is 0. The van der Waals surface area contributed by atoms with Gasteiger partial charge in [0.05, 0.1) is 23.9 Å². The molecule has 2 N–H and O–H groups in total. The number of aliphatic hydroxyl groups excluding tert-OH is 1. The number of fused-ring (bicyclic) bond motifs is 1. The van der Waals surface area contributed by atoms with Crippen molar-refractivity contribution in [2.24, 2.45) is 0 Å². The lowest BCUT2D eigenvalue weighted by Gasteiger charge is -2.16. The molecular weight excluding hydrogens is 411 g/mol. The number of ether oxygens (including phenoxy) is 1. The fraction of sp³-hybridized carbons (Fsp3) is 0.364. The number of carbonyl (C=O) groups excluding carboxylic acids is 1. The Morgan fingerprint density at radius 3 is 2.71 bits per heavy atom. The summed E-state index contributed by atoms with van der Waals surface area (Å²) in [4.78, 5) is 17.2. The highest BCUT2D eigenvalue weighted by Crippen LogP contribution is 2.25. The van der Waals surface area contributed by atoms with Gasteiger partial charge >= 0.3 is 0 Å². The van der Waals surface area contributed by atoms with Crippen molar-refractivity contribution in [1.82, 2.24) is 14.7 Å². The van der Waals surface area contributed by atoms with Crippen LogP contribution in [0.2, 0.25) is 0 Å². The summed E-state index contributed by atoms with van der Waals surface area (Å²) < 4.78 is 48.2. The van der Waals surface area contributed by atoms with Crippen molar-refractivity contribution in [3.63, 3.8) is 0 Å². The Hall–Kier alpha value is -3.07. The van der Waals surface area contributed by atoms with Gasteiger partial charge in [0.15, 0.2) is 23.0 Å². The first-order valence-corrected chi connectivity index (χ1v) is 10.0. The second-order valence-electron chi connectivity index (χ2n) is 7.22. The monoisotopic (exact) mass is 435 g/mol. The van der Waals surface area contributed by atoms with E-state index in [1.165, 1.54) is 10.5 Å². The lowest BCUT2D eigenvalue weighted by Crippen LogP contribution is -2.38. The average molecular weight is 435 g/mol. The van der Waals surface area contributed by atoms with Gasteiger partial charge in [0.2, 0.25) is 0 Å². The second-order valence-corrected chi connectivity index (χ2v) is 7.22. The standard InChI is InChI=1S/C22H24F3N3O3/c1-3-4-6-14(11-29)27-22(30)20-13(2)26-21-18(7-5-10-28(20)21)31-12-15-16(23)8-9-17(24)19(15)25/h5,7-10,14,29H,3-4,6,11-12H2,1-2H3,(H,27,30)/t14-/m1/s1. The van der Waals surface area contributed by atoms with Crippen molar-refractivity contribution in [3.8, 4) is 5.75 Å². The number of benzene rings is 1. The maximum absolute atomic E-state index is 13.9. The number of hydrogen-bond acceptors (Lipinski definition) is 4. The molecule has 0 bridgehead atoms. The maximum Gasteiger partial charge on any atom is 0.270 e. The quantitative estimate of drug-likeness (QED) is 0.500. The number of unbranched alkanes of at least 4 members (excludes halogenated alkanes) is 1. The number of nitrogens with one attached hydrogen (secondary N) is 1. The molecule has 9 heteroatoms. The van der Waals surface area contributed by atoms with Crippen LogP contribution in [0.15, 0.2) is 30.5 Å². The first-order valence-electron chi connectivity index (χ1n) is 10.0. The van der Waals surface area contributed by atoms with Crippen LogP contribution in [0.3, 0.4) is 0 Å². The predicted octanol–water partition coefficient (Wildman–Crippen LogP) is 3.92. The lowest BCUT2D eigenvalue weighted by atomic mass is 10.1. The lowest BCUT2D eigenvalue weighted by molar-refractivity contribution is 0.0905. The number of aryl methyl sites for hydroxylation is 1. The van der Waals surface area contributed by atoms with Gasteiger partial charge in [0.1, 0.15) is 18.1 Å². The van der Waals surface area contributed by atoms with E-state index >= 15 is 0 Å². The molecule has 2 heterocycles. The average Bonchev–Trinajstić information content (AvgIpc) is 3.10. The Bertz CT molecular complexity index is 1080. The van der Waals surface area contributed by atoms with Gasteiger partial charge < -0.3 is 15.2 Å². The minimum Gasteiger partial charge on any atom is -0.485 e. The summed E-state index contributed by atoms with van der Waals surface area (Å²) in [5, 5.41) is 12.3. The smallest absolute Gasteiger partial charge is 0.270 e. The van der Waals surface area contributed by atoms with Gasteiger partial charge in [-0.25, -0.2) is 18.2 Å². The molecule has 31 heavy (non-hydrogen) atoms. The summed E-state index contributed by atoms with van der Waals surface area (Å²) in [6, 6.07) is 4.29. The van der Waals surface area contributed by atoms with Crippen LogP contribution in [0.25, 0.3) is 5.65 Å². The van der Waals surface area contributed by atoms with Crippen LogP contribution in [0.1, 0.15) is 47.9 Å². The van der Waals surface area contributed by atoms with E-state index in [0.29, 0.717) is 18.2 Å². The number of carbonyl (C=O) groups is 1. The molecule has 166 valence electrons. The third kappa shape index (κ3) is 4.82. The highest BCUT2D eigenvalue weighted by Gasteiger charge is 2.22. The van der Waals surface area contributed by atoms with Crippen LogP contribution in [-0.4, -0.2) is 33.0 Å². The van der Waals surface area contributed by atoms with Gasteiger partial charge in [-0.05, 0) is 37.6 Å². The van der Waals surface area contributed by atoms with Gasteiger partial charge in [-0.1, -0.05) is 19.8 Å². The second kappa shape index (κ2) is 9.82. The van der Waals surface area contributed by atoms with E-state index in [1.54, 1.807) is 19.2 Å². The molecule has 3 aromatic rings. The number of imidazole rings is 1. The Morgan fingerprint density at radius 1 is 1.26 bits per heavy atom. The zero-order chi connectivity index (χ0) is 22.5. The molecule has 0 unspecified atom stereocenters. The van der Waals surface area contributed by atoms with Crippen LogP contribution >= 0.6 is 0 Å². The molecule has 1 aromatic carbocycles. The summed E-state index contributed by atoms with van der Waals surface area (Å²) in [5.74, 6) is -3.63. The zero-order valence-electron chi connectivity index (χ0n) is 17.3. The third-order valence-electron chi connectivity index (χ3n) is 4.98. The van der Waals surface area contributed by atoms with Crippen molar-refractivity contribution in [1.29, 1.82) is 0 Å². The molecule has 0 fully saturated rings. The molecule has 6 nitrogen and oxygen atoms in total. The van der Waals surface area contributed by atoms with E-state index in [9.17, 15) is 23.1 Å². The van der Waals surface area contributed by atoms with Crippen LogP contribution in [0.5, 0.6) is 5.75 Å². The highest BCUT2D eigenvalue weighted by atomic mass is 19.2. The van der Waals surface area contributed by atoms with Crippen LogP contribution in [0, 0.1) is 24.4 Å². The van der Waals surface area contributed by atoms with E-state index in [4.69, 9.17) is 4.74 Å². The number of amides is 1. The molecule has 1 atom stereocenters. The SMILES string of the molecule is CCCC[C@H](CO)NC(=O)c1c(C)nc2c(OCc3c(F)ccc(F)c3F)cccn12. The van der Waals surface area contributed by atoms with Crippen LogP contribution in [-0.2, 0) is 6.61 Å². The minimum absolute atomic E-state index is 0.178. The number of halogens is 3. The van der Waals surface area contributed by atoms with Crippen molar-refractivity contribution in [2.75, 3.05) is 6.61 Å². The summed E-state index contributed by atoms with van der Waals surface area (Å²) >= 11 is 0. The van der Waals surface area contributed by atoms with Crippen molar-refractivity contribution in [2.45, 2.75) is 45.8 Å². The van der Waals surface area contributed by atoms with E-state index < -0.39 is 35.5 Å². The van der Waals surface area contributed by atoms with Crippen molar-refractivity contribution in [3.05, 3.63) is 64.9 Å². The van der Waals surface area contributed by atoms with Crippen molar-refractivity contribution < 1.29 is 27.8 Å². The molecule has 0 radical (unpaired) electrons. The highest BCUT2D eigenvalue weighted by molar-refractivity contribution is 5.95. The largest absolute Gasteiger partial charge is 0.485 e. The number of rotatable bonds is 9. The van der Waals surface area contributed by atoms with Gasteiger partial charge in [0, 0.05) is 6.20 Å². The Balaban J connectivity index is 1.87. The topological polar surface area (TPSA) is 75.9 Å². The molecule has 0 spiro atoms. The maximum atomic E-state index is 13.9. The summed E-state index contributed by atoms with van der Waals surface area (Å²) in [6.07, 6.45) is 4.06. The van der Waals surface area contributed by atoms with Crippen LogP contribution in [0.4, 0.5) is 13.2 Å². The molecule has 0 aliphatic rings. The number of aliphatic hydroxyl groups is 1. The van der Waals surface area contributed by atoms with E-state index in [2.05, 4.69) is 10.3 Å². The first-order chi connectivity index (χ1) is 14.9. The molecule has 2 aromatic heterocycles. The van der Waals surface area contributed by atoms with E-state index in [0.717, 1.165) is 18.9 Å². The van der Waals surface area contributed by atoms with Gasteiger partial charge in [0.25, 0.3) is 5.91 Å². The molecule has 0 saturated heterocycles. The number of aromatic nitrogens is 2. The van der Waals surface area contributed by atoms with Crippen molar-refractivity contribution >= 4 is 11.6 Å². The molecule has 1 amide bonds. The number of hydrogen-bond donors (Lipinski definition) is 2. The Morgan fingerprint density at radius 2 is 2.00 bits per heavy atom. The Kier molecular flexibility index (Phi) is 7.17. The Labute approximate surface area is 177 Å².